The Kier molecular flexibility index (Phi) is 4.71. The molecular weight excluding hydrogens is 454 g/mol. The zero-order valence-corrected chi connectivity index (χ0v) is 19.6. The number of allylic oxidation sites excluding steroid dienone is 5. The molecule has 0 aromatic heterocycles. The summed E-state index contributed by atoms with van der Waals surface area (Å²) in [6.07, 6.45) is 5.87. The summed E-state index contributed by atoms with van der Waals surface area (Å²) in [5, 5.41) is 23.3. The van der Waals surface area contributed by atoms with Crippen LogP contribution in [0.25, 0.3) is 10.8 Å². The number of aliphatic imine (C=N–C) groups is 1. The Hall–Kier alpha value is -4.55. The summed E-state index contributed by atoms with van der Waals surface area (Å²) < 4.78 is 5.70. The van der Waals surface area contributed by atoms with Crippen LogP contribution in [0.5, 0.6) is 11.5 Å². The van der Waals surface area contributed by atoms with Crippen molar-refractivity contribution >= 4 is 28.6 Å². The Morgan fingerprint density at radius 2 is 1.75 bits per heavy atom. The number of aromatic hydroxyl groups is 2. The van der Waals surface area contributed by atoms with Crippen LogP contribution >= 0.6 is 0 Å². The Morgan fingerprint density at radius 1 is 1.08 bits per heavy atom. The number of ether oxygens (including phenoxy) is 1. The molecule has 0 spiro atoms. The molecule has 4 aliphatic rings. The number of methoxy groups -OCH3 is 1. The number of phenols is 2. The van der Waals surface area contributed by atoms with Gasteiger partial charge in [0, 0.05) is 23.1 Å². The van der Waals surface area contributed by atoms with Gasteiger partial charge in [0.05, 0.1) is 35.3 Å². The van der Waals surface area contributed by atoms with Gasteiger partial charge in [-0.25, -0.2) is 0 Å². The monoisotopic (exact) mass is 475 g/mol. The highest BCUT2D eigenvalue weighted by atomic mass is 16.5. The third-order valence-electron chi connectivity index (χ3n) is 7.67. The normalized spacial score (nSPS) is 28.3. The SMILES string of the molecule is COC1=CC(C)=C2[C@@H]3C#C/C=C\C#C[C@H]1[C@]2(C=O)[C@H]1CC(=O)c2c(c(O)c4ccccc4c2O)C1=N3. The maximum atomic E-state index is 13.6. The number of benzene rings is 2. The maximum absolute atomic E-state index is 13.6. The summed E-state index contributed by atoms with van der Waals surface area (Å²) in [5.74, 6) is 10.6. The Bertz CT molecular complexity index is 1650. The van der Waals surface area contributed by atoms with Crippen molar-refractivity contribution in [1.29, 1.82) is 0 Å². The first kappa shape index (κ1) is 21.9. The molecule has 0 radical (unpaired) electrons. The van der Waals surface area contributed by atoms with Gasteiger partial charge in [0.15, 0.2) is 5.78 Å². The molecule has 1 aliphatic heterocycles. The van der Waals surface area contributed by atoms with E-state index in [2.05, 4.69) is 23.7 Å². The first-order valence-corrected chi connectivity index (χ1v) is 11.6. The third-order valence-corrected chi connectivity index (χ3v) is 7.67. The average Bonchev–Trinajstić information content (AvgIpc) is 2.88. The third kappa shape index (κ3) is 2.67. The average molecular weight is 476 g/mol. The van der Waals surface area contributed by atoms with Crippen molar-refractivity contribution in [3.8, 4) is 35.2 Å². The zero-order valence-electron chi connectivity index (χ0n) is 19.6. The number of carbonyl (C=O) groups is 2. The van der Waals surface area contributed by atoms with E-state index in [0.29, 0.717) is 27.8 Å². The molecule has 0 amide bonds. The lowest BCUT2D eigenvalue weighted by atomic mass is 9.52. The van der Waals surface area contributed by atoms with Crippen molar-refractivity contribution in [2.45, 2.75) is 19.4 Å². The van der Waals surface area contributed by atoms with Crippen LogP contribution in [0.2, 0.25) is 0 Å². The second-order valence-electron chi connectivity index (χ2n) is 9.33. The van der Waals surface area contributed by atoms with Crippen LogP contribution in [0.15, 0.2) is 64.4 Å². The van der Waals surface area contributed by atoms with E-state index in [4.69, 9.17) is 9.73 Å². The van der Waals surface area contributed by atoms with Crippen LogP contribution in [0.1, 0.15) is 29.3 Å². The molecule has 0 saturated heterocycles. The lowest BCUT2D eigenvalue weighted by Crippen LogP contribution is -2.54. The Balaban J connectivity index is 1.76. The topological polar surface area (TPSA) is 96.2 Å². The summed E-state index contributed by atoms with van der Waals surface area (Å²) in [6.45, 7) is 1.88. The molecule has 3 aliphatic carbocycles. The van der Waals surface area contributed by atoms with Crippen molar-refractivity contribution in [3.63, 3.8) is 0 Å². The number of hydrogen-bond acceptors (Lipinski definition) is 6. The molecule has 2 aromatic rings. The highest BCUT2D eigenvalue weighted by molar-refractivity contribution is 6.24. The van der Waals surface area contributed by atoms with E-state index in [1.165, 1.54) is 7.11 Å². The summed E-state index contributed by atoms with van der Waals surface area (Å²) in [7, 11) is 1.53. The van der Waals surface area contributed by atoms with Crippen molar-refractivity contribution in [2.24, 2.45) is 22.2 Å². The highest BCUT2D eigenvalue weighted by Crippen LogP contribution is 2.58. The van der Waals surface area contributed by atoms with Gasteiger partial charge < -0.3 is 19.7 Å². The molecular formula is C30H21NO5. The molecule has 6 rings (SSSR count). The van der Waals surface area contributed by atoms with Gasteiger partial charge in [0.25, 0.3) is 0 Å². The molecule has 6 nitrogen and oxygen atoms in total. The maximum Gasteiger partial charge on any atom is 0.168 e. The number of hydrogen-bond donors (Lipinski definition) is 2. The van der Waals surface area contributed by atoms with E-state index in [1.54, 1.807) is 36.4 Å². The lowest BCUT2D eigenvalue weighted by molar-refractivity contribution is -0.118. The van der Waals surface area contributed by atoms with E-state index in [1.807, 2.05) is 13.0 Å². The van der Waals surface area contributed by atoms with Crippen molar-refractivity contribution in [1.82, 2.24) is 0 Å². The first-order chi connectivity index (χ1) is 17.4. The summed E-state index contributed by atoms with van der Waals surface area (Å²) in [6, 6.07) is 6.08. The second kappa shape index (κ2) is 7.73. The predicted molar refractivity (Wildman–Crippen MR) is 135 cm³/mol. The zero-order chi connectivity index (χ0) is 25.2. The molecule has 176 valence electrons. The van der Waals surface area contributed by atoms with E-state index in [9.17, 15) is 19.8 Å². The predicted octanol–water partition coefficient (Wildman–Crippen LogP) is 3.86. The van der Waals surface area contributed by atoms with Gasteiger partial charge in [0.2, 0.25) is 0 Å². The molecule has 36 heavy (non-hydrogen) atoms. The van der Waals surface area contributed by atoms with Crippen LogP contribution < -0.4 is 0 Å². The number of carbonyl (C=O) groups excluding carboxylic acids is 2. The van der Waals surface area contributed by atoms with Gasteiger partial charge in [-0.05, 0) is 36.3 Å². The molecule has 0 saturated carbocycles. The number of Topliss-reactive ketones (excluding diaryl/α,β-unsaturated/α-hetero) is 1. The van der Waals surface area contributed by atoms with Gasteiger partial charge in [-0.1, -0.05) is 47.9 Å². The minimum atomic E-state index is -1.29. The summed E-state index contributed by atoms with van der Waals surface area (Å²) >= 11 is 0. The van der Waals surface area contributed by atoms with E-state index in [-0.39, 0.29) is 34.8 Å². The Labute approximate surface area is 207 Å². The highest BCUT2D eigenvalue weighted by Gasteiger charge is 2.60. The van der Waals surface area contributed by atoms with Gasteiger partial charge in [-0.3, -0.25) is 9.79 Å². The van der Waals surface area contributed by atoms with Crippen LogP contribution in [-0.4, -0.2) is 41.1 Å². The molecule has 2 N–H and O–H groups in total. The fraction of sp³-hybridized carbons (Fsp3) is 0.233. The minimum absolute atomic E-state index is 0.0195. The van der Waals surface area contributed by atoms with Crippen LogP contribution in [0.3, 0.4) is 0 Å². The number of nitrogens with zero attached hydrogens (tertiary/aromatic N) is 1. The smallest absolute Gasteiger partial charge is 0.168 e. The number of aldehydes is 1. The number of phenolic OH excluding ortho intramolecular Hbond substituents is 2. The van der Waals surface area contributed by atoms with Crippen LogP contribution in [-0.2, 0) is 9.53 Å². The van der Waals surface area contributed by atoms with Gasteiger partial charge in [0.1, 0.15) is 29.6 Å². The van der Waals surface area contributed by atoms with Gasteiger partial charge in [-0.15, -0.1) is 0 Å². The number of fused-ring (bicyclic) bond motifs is 4. The van der Waals surface area contributed by atoms with Crippen molar-refractivity contribution < 1.29 is 24.5 Å². The molecule has 6 heteroatoms. The van der Waals surface area contributed by atoms with Crippen molar-refractivity contribution in [2.75, 3.05) is 7.11 Å². The molecule has 0 fully saturated rings. The lowest BCUT2D eigenvalue weighted by Gasteiger charge is -2.50. The van der Waals surface area contributed by atoms with Crippen LogP contribution in [0.4, 0.5) is 0 Å². The second-order valence-corrected chi connectivity index (χ2v) is 9.33. The largest absolute Gasteiger partial charge is 0.507 e. The minimum Gasteiger partial charge on any atom is -0.507 e. The summed E-state index contributed by atoms with van der Waals surface area (Å²) in [5.41, 5.74) is 0.734. The number of rotatable bonds is 2. The standard InChI is InChI=1S/C30H21NO5/c1-16-13-23(36-2)19-11-5-3-4-6-12-21-26(16)30(19,15-32)20-14-22(33)24-25(27(20)31-21)29(35)18-10-8-7-9-17(18)28(24)34/h3-4,7-10,13,15,19-21,34-35H,14H2,1-2H3/b4-3-/t19-,20+,21+,30-/m1/s1. The quantitative estimate of drug-likeness (QED) is 0.391. The van der Waals surface area contributed by atoms with Crippen LogP contribution in [0, 0.1) is 40.9 Å². The van der Waals surface area contributed by atoms with Crippen molar-refractivity contribution in [3.05, 3.63) is 70.5 Å². The first-order valence-electron chi connectivity index (χ1n) is 11.6. The summed E-state index contributed by atoms with van der Waals surface area (Å²) in [4.78, 5) is 31.9. The fourth-order valence-electron chi connectivity index (χ4n) is 6.21. The molecule has 4 atom stereocenters. The fourth-order valence-corrected chi connectivity index (χ4v) is 6.21. The van der Waals surface area contributed by atoms with E-state index < -0.39 is 23.3 Å². The molecule has 1 heterocycles. The van der Waals surface area contributed by atoms with E-state index >= 15 is 0 Å². The van der Waals surface area contributed by atoms with Gasteiger partial charge >= 0.3 is 0 Å². The Morgan fingerprint density at radius 3 is 2.42 bits per heavy atom. The van der Waals surface area contributed by atoms with Gasteiger partial charge in [-0.2, -0.15) is 0 Å². The molecule has 4 bridgehead atoms. The number of ketones is 1. The van der Waals surface area contributed by atoms with E-state index in [0.717, 1.165) is 11.9 Å². The molecule has 2 aromatic carbocycles. The molecule has 0 unspecified atom stereocenters.